The summed E-state index contributed by atoms with van der Waals surface area (Å²) in [5.74, 6) is 6.64. The van der Waals surface area contributed by atoms with Gasteiger partial charge in [0.2, 0.25) is 5.03 Å². The van der Waals surface area contributed by atoms with E-state index >= 15 is 0 Å². The summed E-state index contributed by atoms with van der Waals surface area (Å²) in [6, 6.07) is 0. The minimum absolute atomic E-state index is 0.0687. The molecule has 0 radical (unpaired) electrons. The molecular formula is C10H15N5O2S3. The van der Waals surface area contributed by atoms with Crippen molar-refractivity contribution in [2.24, 2.45) is 5.84 Å². The predicted octanol–water partition coefficient (Wildman–Crippen LogP) is 0.855. The highest BCUT2D eigenvalue weighted by Gasteiger charge is 2.27. The number of hydrazine groups is 1. The van der Waals surface area contributed by atoms with Crippen LogP contribution in [0.2, 0.25) is 0 Å². The van der Waals surface area contributed by atoms with E-state index < -0.39 is 10.0 Å². The van der Waals surface area contributed by atoms with Gasteiger partial charge >= 0.3 is 0 Å². The first-order chi connectivity index (χ1) is 9.62. The quantitative estimate of drug-likeness (QED) is 0.554. The zero-order valence-corrected chi connectivity index (χ0v) is 13.0. The molecule has 2 aromatic heterocycles. The van der Waals surface area contributed by atoms with Gasteiger partial charge in [0.05, 0.1) is 0 Å². The van der Waals surface area contributed by atoms with Crippen molar-refractivity contribution in [3.8, 4) is 0 Å². The lowest BCUT2D eigenvalue weighted by Crippen LogP contribution is -2.31. The van der Waals surface area contributed by atoms with Crippen LogP contribution in [0.1, 0.15) is 12.8 Å². The highest BCUT2D eigenvalue weighted by molar-refractivity contribution is 8.00. The number of hydrogen-bond donors (Lipinski definition) is 3. The van der Waals surface area contributed by atoms with E-state index in [0.717, 1.165) is 18.6 Å². The van der Waals surface area contributed by atoms with Crippen LogP contribution in [-0.4, -0.2) is 35.4 Å². The molecule has 1 aliphatic rings. The normalized spacial score (nSPS) is 19.8. The molecule has 3 heterocycles. The molecule has 3 rings (SSSR count). The number of nitrogens with zero attached hydrogens (tertiary/aromatic N) is 2. The van der Waals surface area contributed by atoms with Crippen molar-refractivity contribution in [2.75, 3.05) is 17.7 Å². The number of thioether (sulfide) groups is 1. The predicted molar refractivity (Wildman–Crippen MR) is 81.5 cm³/mol. The Labute approximate surface area is 125 Å². The lowest BCUT2D eigenvalue weighted by Gasteiger charge is -2.11. The summed E-state index contributed by atoms with van der Waals surface area (Å²) < 4.78 is 29.1. The number of nitrogen functional groups attached to an aromatic ring is 1. The topological polar surface area (TPSA) is 102 Å². The van der Waals surface area contributed by atoms with Crippen molar-refractivity contribution < 1.29 is 8.42 Å². The highest BCUT2D eigenvalue weighted by atomic mass is 32.2. The average Bonchev–Trinajstić information content (AvgIpc) is 3.11. The van der Waals surface area contributed by atoms with Crippen LogP contribution in [0.4, 0.5) is 5.82 Å². The van der Waals surface area contributed by atoms with Crippen LogP contribution in [-0.2, 0) is 10.0 Å². The van der Waals surface area contributed by atoms with Gasteiger partial charge in [0.15, 0.2) is 10.8 Å². The van der Waals surface area contributed by atoms with Crippen molar-refractivity contribution >= 4 is 43.9 Å². The van der Waals surface area contributed by atoms with E-state index in [0.29, 0.717) is 16.8 Å². The minimum atomic E-state index is -3.64. The molecule has 4 N–H and O–H groups in total. The second kappa shape index (κ2) is 5.53. The van der Waals surface area contributed by atoms with Crippen LogP contribution >= 0.6 is 23.1 Å². The summed E-state index contributed by atoms with van der Waals surface area (Å²) in [6.07, 6.45) is 3.87. The Morgan fingerprint density at radius 3 is 3.10 bits per heavy atom. The van der Waals surface area contributed by atoms with Crippen LogP contribution in [0.15, 0.2) is 16.6 Å². The number of aromatic nitrogens is 2. The van der Waals surface area contributed by atoms with Crippen LogP contribution in [0.3, 0.4) is 0 Å². The van der Waals surface area contributed by atoms with Gasteiger partial charge in [-0.2, -0.15) is 16.7 Å². The van der Waals surface area contributed by atoms with Crippen LogP contribution in [0.25, 0.3) is 4.96 Å². The number of rotatable bonds is 5. The van der Waals surface area contributed by atoms with E-state index in [1.807, 2.05) is 11.8 Å². The Morgan fingerprint density at radius 2 is 2.40 bits per heavy atom. The zero-order chi connectivity index (χ0) is 14.2. The van der Waals surface area contributed by atoms with Gasteiger partial charge in [0, 0.05) is 23.4 Å². The molecule has 1 fully saturated rings. The Kier molecular flexibility index (Phi) is 3.91. The number of thiazole rings is 1. The number of anilines is 1. The average molecular weight is 333 g/mol. The van der Waals surface area contributed by atoms with Gasteiger partial charge in [0.1, 0.15) is 0 Å². The third-order valence-electron chi connectivity index (χ3n) is 3.13. The molecule has 1 aliphatic heterocycles. The maximum absolute atomic E-state index is 12.5. The maximum Gasteiger partial charge on any atom is 0.260 e. The van der Waals surface area contributed by atoms with E-state index in [1.165, 1.54) is 15.7 Å². The van der Waals surface area contributed by atoms with Gasteiger partial charge in [0.25, 0.3) is 10.0 Å². The van der Waals surface area contributed by atoms with E-state index in [1.54, 1.807) is 11.6 Å². The summed E-state index contributed by atoms with van der Waals surface area (Å²) in [5.41, 5.74) is 2.36. The third kappa shape index (κ3) is 2.53. The molecule has 110 valence electrons. The van der Waals surface area contributed by atoms with Crippen LogP contribution < -0.4 is 16.0 Å². The van der Waals surface area contributed by atoms with Gasteiger partial charge in [-0.15, -0.1) is 11.3 Å². The molecule has 0 amide bonds. The van der Waals surface area contributed by atoms with Gasteiger partial charge in [-0.3, -0.25) is 4.40 Å². The van der Waals surface area contributed by atoms with Crippen LogP contribution in [0, 0.1) is 0 Å². The fourth-order valence-electron chi connectivity index (χ4n) is 2.19. The van der Waals surface area contributed by atoms with E-state index in [-0.39, 0.29) is 10.8 Å². The molecule has 0 aromatic carbocycles. The molecule has 0 aliphatic carbocycles. The number of nitrogens with one attached hydrogen (secondary N) is 2. The summed E-state index contributed by atoms with van der Waals surface area (Å²) in [7, 11) is -3.64. The first kappa shape index (κ1) is 14.1. The van der Waals surface area contributed by atoms with E-state index in [9.17, 15) is 8.42 Å². The van der Waals surface area contributed by atoms with E-state index in [2.05, 4.69) is 15.1 Å². The van der Waals surface area contributed by atoms with Crippen molar-refractivity contribution in [1.29, 1.82) is 0 Å². The summed E-state index contributed by atoms with van der Waals surface area (Å²) in [6.45, 7) is 0.439. The third-order valence-corrected chi connectivity index (χ3v) is 6.74. The molecule has 1 unspecified atom stereocenters. The van der Waals surface area contributed by atoms with Gasteiger partial charge in [-0.25, -0.2) is 19.0 Å². The number of imidazole rings is 1. The fourth-order valence-corrected chi connectivity index (χ4v) is 5.59. The van der Waals surface area contributed by atoms with Crippen molar-refractivity contribution in [1.82, 2.24) is 14.1 Å². The molecule has 0 saturated carbocycles. The molecule has 10 heteroatoms. The standard InChI is InChI=1S/C10H15N5O2S3/c11-14-8-9(15-3-5-19-10(15)13-8)20(16,17)12-6-7-2-1-4-18-7/h3,5,7,12,14H,1-2,4,6,11H2. The number of nitrogens with two attached hydrogens (primary N) is 1. The molecule has 7 nitrogen and oxygen atoms in total. The molecular weight excluding hydrogens is 318 g/mol. The van der Waals surface area contributed by atoms with Gasteiger partial charge in [-0.05, 0) is 18.6 Å². The second-order valence-corrected chi connectivity index (χ2v) is 8.42. The van der Waals surface area contributed by atoms with E-state index in [4.69, 9.17) is 5.84 Å². The van der Waals surface area contributed by atoms with Crippen molar-refractivity contribution in [3.63, 3.8) is 0 Å². The first-order valence-electron chi connectivity index (χ1n) is 6.15. The molecule has 1 atom stereocenters. The van der Waals surface area contributed by atoms with Crippen molar-refractivity contribution in [2.45, 2.75) is 23.1 Å². The number of sulfonamides is 1. The minimum Gasteiger partial charge on any atom is -0.306 e. The van der Waals surface area contributed by atoms with Crippen molar-refractivity contribution in [3.05, 3.63) is 11.6 Å². The number of fused-ring (bicyclic) bond motifs is 1. The molecule has 1 saturated heterocycles. The Morgan fingerprint density at radius 1 is 1.55 bits per heavy atom. The summed E-state index contributed by atoms with van der Waals surface area (Å²) >= 11 is 3.17. The molecule has 20 heavy (non-hydrogen) atoms. The summed E-state index contributed by atoms with van der Waals surface area (Å²) in [4.78, 5) is 4.75. The fraction of sp³-hybridized carbons (Fsp3) is 0.500. The Balaban J connectivity index is 1.89. The second-order valence-electron chi connectivity index (χ2n) is 4.45. The molecule has 2 aromatic rings. The Bertz CT molecular complexity index is 702. The van der Waals surface area contributed by atoms with Gasteiger partial charge in [-0.1, -0.05) is 0 Å². The number of hydrogen-bond acceptors (Lipinski definition) is 7. The van der Waals surface area contributed by atoms with Gasteiger partial charge < -0.3 is 5.43 Å². The molecule has 0 spiro atoms. The lowest BCUT2D eigenvalue weighted by molar-refractivity contribution is 0.574. The SMILES string of the molecule is NNc1nc2sccn2c1S(=O)(=O)NCC1CCCS1. The summed E-state index contributed by atoms with van der Waals surface area (Å²) in [5, 5.41) is 2.21. The maximum atomic E-state index is 12.5. The lowest BCUT2D eigenvalue weighted by atomic mass is 10.2. The Hall–Kier alpha value is -0.810. The zero-order valence-electron chi connectivity index (χ0n) is 10.6. The molecule has 0 bridgehead atoms. The van der Waals surface area contributed by atoms with Crippen LogP contribution in [0.5, 0.6) is 0 Å². The largest absolute Gasteiger partial charge is 0.306 e. The monoisotopic (exact) mass is 333 g/mol. The highest BCUT2D eigenvalue weighted by Crippen LogP contribution is 2.27. The smallest absolute Gasteiger partial charge is 0.260 e. The first-order valence-corrected chi connectivity index (χ1v) is 9.56.